The van der Waals surface area contributed by atoms with E-state index in [0.29, 0.717) is 5.69 Å². The molecule has 0 aliphatic rings. The van der Waals surface area contributed by atoms with Crippen LogP contribution in [-0.4, -0.2) is 86.8 Å². The predicted molar refractivity (Wildman–Crippen MR) is 90.3 cm³/mol. The van der Waals surface area contributed by atoms with Crippen molar-refractivity contribution in [2.75, 3.05) is 34.4 Å². The predicted octanol–water partition coefficient (Wildman–Crippen LogP) is 0.0194. The van der Waals surface area contributed by atoms with Crippen LogP contribution < -0.4 is 4.72 Å². The molecule has 0 aliphatic heterocycles. The topological polar surface area (TPSA) is 100.0 Å². The van der Waals surface area contributed by atoms with Crippen molar-refractivity contribution in [3.8, 4) is 0 Å². The molecule has 1 aromatic heterocycles. The van der Waals surface area contributed by atoms with E-state index < -0.39 is 37.9 Å². The van der Waals surface area contributed by atoms with Crippen LogP contribution in [-0.2, 0) is 25.4 Å². The molecule has 1 aromatic rings. The number of hydrogen-bond donors (Lipinski definition) is 0. The van der Waals surface area contributed by atoms with Crippen molar-refractivity contribution >= 4 is 36.6 Å². The van der Waals surface area contributed by atoms with Crippen LogP contribution in [0.1, 0.15) is 19.5 Å². The van der Waals surface area contributed by atoms with E-state index in [9.17, 15) is 14.4 Å². The number of imidazole rings is 1. The third-order valence-electron chi connectivity index (χ3n) is 3.12. The van der Waals surface area contributed by atoms with Gasteiger partial charge in [0.1, 0.15) is 0 Å². The zero-order valence-electron chi connectivity index (χ0n) is 15.0. The van der Waals surface area contributed by atoms with Crippen molar-refractivity contribution in [3.63, 3.8) is 0 Å². The molecule has 1 heterocycles. The molecule has 0 aromatic carbocycles. The Kier molecular flexibility index (Phi) is 8.60. The maximum atomic E-state index is 12.1. The Balaban J connectivity index is 3.09. The minimum absolute atomic E-state index is 0.195. The Morgan fingerprint density at radius 2 is 1.88 bits per heavy atom. The van der Waals surface area contributed by atoms with Crippen molar-refractivity contribution in [1.82, 2.24) is 14.5 Å². The van der Waals surface area contributed by atoms with Crippen molar-refractivity contribution in [3.05, 3.63) is 11.9 Å². The first-order valence-electron chi connectivity index (χ1n) is 7.68. The first-order chi connectivity index (χ1) is 11.8. The normalized spacial score (nSPS) is 11.9. The number of likely N-dealkylation sites (N-methyl/N-ethyl adjacent to an activating group) is 1. The average molecular weight is 420 g/mol. The average Bonchev–Trinajstić information content (AvgIpc) is 2.94. The van der Waals surface area contributed by atoms with Crippen LogP contribution in [0.2, 0.25) is 0 Å². The van der Waals surface area contributed by atoms with Crippen molar-refractivity contribution in [1.29, 1.82) is 0 Å². The van der Waals surface area contributed by atoms with E-state index in [1.165, 1.54) is 17.9 Å². The third-order valence-corrected chi connectivity index (χ3v) is 4.71. The molecular weight excluding hydrogens is 397 g/mol. The Morgan fingerprint density at radius 3 is 2.40 bits per heavy atom. The molecule has 1 atom stereocenters. The zero-order chi connectivity index (χ0) is 19.0. The number of esters is 1. The number of carbonyl (C=O) groups is 3. The molecule has 0 saturated heterocycles. The van der Waals surface area contributed by atoms with E-state index in [-0.39, 0.29) is 24.4 Å². The second kappa shape index (κ2) is 10.2. The van der Waals surface area contributed by atoms with Crippen LogP contribution in [0.15, 0.2) is 6.20 Å². The summed E-state index contributed by atoms with van der Waals surface area (Å²) in [7, 11) is 4.80. The monoisotopic (exact) mass is 421 g/mol. The quantitative estimate of drug-likeness (QED) is 0.330. The SMILES string of the molecule is CCOC(=O)[Se]c1nc(C[C@@H](C(=O)OC)N(C)C)cn1C(=O)OCC. The first-order valence-corrected chi connectivity index (χ1v) is 9.39. The van der Waals surface area contributed by atoms with E-state index in [0.717, 1.165) is 0 Å². The summed E-state index contributed by atoms with van der Waals surface area (Å²) in [5.74, 6) is -0.409. The summed E-state index contributed by atoms with van der Waals surface area (Å²) in [6, 6.07) is -0.557. The molecule has 9 nitrogen and oxygen atoms in total. The van der Waals surface area contributed by atoms with E-state index in [4.69, 9.17) is 14.2 Å². The molecule has 140 valence electrons. The number of nitrogens with zero attached hydrogens (tertiary/aromatic N) is 3. The summed E-state index contributed by atoms with van der Waals surface area (Å²) < 4.78 is 16.2. The van der Waals surface area contributed by atoms with E-state index in [1.54, 1.807) is 32.8 Å². The first kappa shape index (κ1) is 21.1. The zero-order valence-corrected chi connectivity index (χ0v) is 16.7. The summed E-state index contributed by atoms with van der Waals surface area (Å²) in [5, 5.41) is 0. The van der Waals surface area contributed by atoms with Crippen LogP contribution in [0.4, 0.5) is 9.59 Å². The van der Waals surface area contributed by atoms with Crippen LogP contribution in [0.25, 0.3) is 0 Å². The van der Waals surface area contributed by atoms with Crippen molar-refractivity contribution < 1.29 is 28.6 Å². The summed E-state index contributed by atoms with van der Waals surface area (Å²) in [4.78, 5) is 41.3. The Hall–Kier alpha value is -1.90. The van der Waals surface area contributed by atoms with Gasteiger partial charge in [0.15, 0.2) is 0 Å². The molecule has 1 rings (SSSR count). The molecule has 0 aliphatic carbocycles. The molecule has 0 radical (unpaired) electrons. The van der Waals surface area contributed by atoms with Gasteiger partial charge in [0.25, 0.3) is 0 Å². The molecule has 25 heavy (non-hydrogen) atoms. The molecule has 0 unspecified atom stereocenters. The Morgan fingerprint density at radius 1 is 1.24 bits per heavy atom. The van der Waals surface area contributed by atoms with Crippen molar-refractivity contribution in [2.24, 2.45) is 0 Å². The summed E-state index contributed by atoms with van der Waals surface area (Å²) >= 11 is -0.806. The summed E-state index contributed by atoms with van der Waals surface area (Å²) in [5.41, 5.74) is 0.485. The van der Waals surface area contributed by atoms with Gasteiger partial charge in [-0.15, -0.1) is 0 Å². The number of hydrogen-bond acceptors (Lipinski definition) is 8. The van der Waals surface area contributed by atoms with Crippen LogP contribution in [0.5, 0.6) is 0 Å². The second-order valence-corrected chi connectivity index (χ2v) is 6.97. The van der Waals surface area contributed by atoms with Gasteiger partial charge in [-0.2, -0.15) is 0 Å². The molecular formula is C15H23N3O6Se. The number of carbonyl (C=O) groups excluding carboxylic acids is 3. The molecule has 0 spiro atoms. The van der Waals surface area contributed by atoms with Crippen LogP contribution in [0, 0.1) is 0 Å². The molecule has 0 amide bonds. The Bertz CT molecular complexity index is 616. The van der Waals surface area contributed by atoms with Crippen LogP contribution in [0.3, 0.4) is 0 Å². The van der Waals surface area contributed by atoms with Gasteiger partial charge in [0.05, 0.1) is 0 Å². The standard InChI is InChI=1S/C15H23N3O6Se/c1-6-23-14(20)18-9-10(8-11(17(3)4)12(19)22-5)16-13(18)25-15(21)24-7-2/h9,11H,6-8H2,1-5H3/t11-/m0/s1. The van der Waals surface area contributed by atoms with Crippen LogP contribution >= 0.6 is 0 Å². The number of rotatable bonds is 8. The Labute approximate surface area is 152 Å². The number of ether oxygens (including phenoxy) is 3. The summed E-state index contributed by atoms with van der Waals surface area (Å²) in [6.45, 7) is 3.83. The molecule has 0 saturated carbocycles. The molecule has 0 N–H and O–H groups in total. The summed E-state index contributed by atoms with van der Waals surface area (Å²) in [6.07, 6.45) is 1.09. The molecule has 10 heteroatoms. The van der Waals surface area contributed by atoms with Gasteiger partial charge in [0.2, 0.25) is 0 Å². The fraction of sp³-hybridized carbons (Fsp3) is 0.600. The maximum absolute atomic E-state index is 12.1. The van der Waals surface area contributed by atoms with Gasteiger partial charge in [0, 0.05) is 0 Å². The van der Waals surface area contributed by atoms with Gasteiger partial charge >= 0.3 is 152 Å². The van der Waals surface area contributed by atoms with Gasteiger partial charge in [-0.1, -0.05) is 0 Å². The van der Waals surface area contributed by atoms with Gasteiger partial charge in [-0.05, 0) is 0 Å². The van der Waals surface area contributed by atoms with E-state index in [1.807, 2.05) is 0 Å². The van der Waals surface area contributed by atoms with Gasteiger partial charge in [-0.3, -0.25) is 0 Å². The van der Waals surface area contributed by atoms with Gasteiger partial charge < -0.3 is 0 Å². The molecule has 0 fully saturated rings. The number of methoxy groups -OCH3 is 1. The fourth-order valence-electron chi connectivity index (χ4n) is 1.94. The minimum atomic E-state index is -0.806. The van der Waals surface area contributed by atoms with Crippen molar-refractivity contribution in [2.45, 2.75) is 26.3 Å². The second-order valence-electron chi connectivity index (χ2n) is 5.08. The molecule has 0 bridgehead atoms. The van der Waals surface area contributed by atoms with E-state index in [2.05, 4.69) is 4.98 Å². The van der Waals surface area contributed by atoms with Gasteiger partial charge in [-0.25, -0.2) is 0 Å². The third kappa shape index (κ3) is 6.15. The van der Waals surface area contributed by atoms with E-state index >= 15 is 0 Å². The number of aromatic nitrogens is 2. The fourth-order valence-corrected chi connectivity index (χ4v) is 3.44.